The van der Waals surface area contributed by atoms with Gasteiger partial charge in [-0.25, -0.2) is 9.59 Å². The lowest BCUT2D eigenvalue weighted by atomic mass is 9.87. The van der Waals surface area contributed by atoms with Crippen molar-refractivity contribution in [1.29, 1.82) is 0 Å². The zero-order chi connectivity index (χ0) is 23.9. The van der Waals surface area contributed by atoms with Gasteiger partial charge in [-0.2, -0.15) is 0 Å². The Balaban J connectivity index is 2.05. The monoisotopic (exact) mass is 442 g/mol. The molecule has 2 aromatic rings. The number of amides is 2. The highest BCUT2D eigenvalue weighted by atomic mass is 16.7. The quantitative estimate of drug-likeness (QED) is 0.407. The van der Waals surface area contributed by atoms with Crippen LogP contribution in [0.2, 0.25) is 0 Å². The Morgan fingerprint density at radius 2 is 1.53 bits per heavy atom. The number of carbonyl (C=O) groups excluding carboxylic acids is 2. The lowest BCUT2D eigenvalue weighted by Gasteiger charge is -2.22. The Morgan fingerprint density at radius 3 is 2.12 bits per heavy atom. The summed E-state index contributed by atoms with van der Waals surface area (Å²) in [6.07, 6.45) is -0.750. The van der Waals surface area contributed by atoms with Crippen molar-refractivity contribution in [2.75, 3.05) is 23.8 Å². The highest BCUT2D eigenvalue weighted by molar-refractivity contribution is 6.00. The van der Waals surface area contributed by atoms with Crippen LogP contribution in [0, 0.1) is 6.92 Å². The molecule has 0 aliphatic rings. The molecule has 0 saturated heterocycles. The first-order valence-corrected chi connectivity index (χ1v) is 10.6. The molecule has 7 heteroatoms. The third-order valence-corrected chi connectivity index (χ3v) is 4.35. The van der Waals surface area contributed by atoms with Gasteiger partial charge in [0.2, 0.25) is 0 Å². The van der Waals surface area contributed by atoms with Gasteiger partial charge in [0.15, 0.2) is 0 Å². The number of urea groups is 1. The van der Waals surface area contributed by atoms with Crippen LogP contribution in [0.4, 0.5) is 21.0 Å². The van der Waals surface area contributed by atoms with Crippen LogP contribution >= 0.6 is 0 Å². The minimum atomic E-state index is -0.750. The van der Waals surface area contributed by atoms with Crippen LogP contribution in [0.25, 0.3) is 0 Å². The largest absolute Gasteiger partial charge is 0.508 e. The maximum atomic E-state index is 12.6. The molecule has 0 aromatic heterocycles. The van der Waals surface area contributed by atoms with Gasteiger partial charge >= 0.3 is 12.2 Å². The molecule has 2 aromatic carbocycles. The molecule has 0 aliphatic carbocycles. The number of nitrogens with one attached hydrogen (secondary N) is 2. The number of anilines is 2. The third-order valence-electron chi connectivity index (χ3n) is 4.35. The number of carbonyl (C=O) groups is 2. The van der Waals surface area contributed by atoms with Crippen LogP contribution in [0.1, 0.15) is 52.7 Å². The van der Waals surface area contributed by atoms with Gasteiger partial charge in [0.05, 0.1) is 5.69 Å². The van der Waals surface area contributed by atoms with E-state index in [2.05, 4.69) is 31.4 Å². The van der Waals surface area contributed by atoms with Crippen molar-refractivity contribution in [2.45, 2.75) is 59.5 Å². The van der Waals surface area contributed by atoms with E-state index in [1.807, 2.05) is 43.3 Å². The van der Waals surface area contributed by atoms with Crippen LogP contribution in [-0.2, 0) is 14.9 Å². The van der Waals surface area contributed by atoms with E-state index in [1.54, 1.807) is 26.8 Å². The minimum Gasteiger partial charge on any atom is -0.488 e. The summed E-state index contributed by atoms with van der Waals surface area (Å²) in [6.45, 7) is 13.7. The zero-order valence-electron chi connectivity index (χ0n) is 20.0. The van der Waals surface area contributed by atoms with Crippen LogP contribution in [0.15, 0.2) is 42.5 Å². The number of hydrogen-bond acceptors (Lipinski definition) is 5. The summed E-state index contributed by atoms with van der Waals surface area (Å²) in [5, 5.41) is 5.67. The van der Waals surface area contributed by atoms with Crippen LogP contribution in [-0.4, -0.2) is 31.0 Å². The van der Waals surface area contributed by atoms with Crippen LogP contribution in [0.3, 0.4) is 0 Å². The number of benzene rings is 2. The predicted molar refractivity (Wildman–Crippen MR) is 127 cm³/mol. The van der Waals surface area contributed by atoms with Gasteiger partial charge < -0.3 is 24.8 Å². The Kier molecular flexibility index (Phi) is 8.14. The topological polar surface area (TPSA) is 85.9 Å². The van der Waals surface area contributed by atoms with Crippen molar-refractivity contribution in [3.8, 4) is 5.75 Å². The summed E-state index contributed by atoms with van der Waals surface area (Å²) in [6, 6.07) is 12.8. The number of hydrogen-bond donors (Lipinski definition) is 2. The van der Waals surface area contributed by atoms with E-state index < -0.39 is 11.8 Å². The maximum absolute atomic E-state index is 12.6. The Labute approximate surface area is 190 Å². The molecule has 2 amide bonds. The van der Waals surface area contributed by atoms with E-state index in [1.165, 1.54) is 0 Å². The molecular formula is C25H34N2O5. The Morgan fingerprint density at radius 1 is 0.875 bits per heavy atom. The third kappa shape index (κ3) is 8.49. The average molecular weight is 443 g/mol. The molecule has 0 radical (unpaired) electrons. The minimum absolute atomic E-state index is 0.0188. The van der Waals surface area contributed by atoms with E-state index in [4.69, 9.17) is 14.2 Å². The number of rotatable bonds is 6. The summed E-state index contributed by atoms with van der Waals surface area (Å²) in [5.74, 6) is 0.477. The normalized spacial score (nSPS) is 11.5. The summed E-state index contributed by atoms with van der Waals surface area (Å²) in [5.41, 5.74) is 2.64. The van der Waals surface area contributed by atoms with Gasteiger partial charge in [-0.3, -0.25) is 0 Å². The van der Waals surface area contributed by atoms with E-state index in [0.717, 1.165) is 11.1 Å². The van der Waals surface area contributed by atoms with Gasteiger partial charge in [0.25, 0.3) is 0 Å². The zero-order valence-corrected chi connectivity index (χ0v) is 20.0. The first-order chi connectivity index (χ1) is 14.8. The molecule has 7 nitrogen and oxygen atoms in total. The second-order valence-corrected chi connectivity index (χ2v) is 9.57. The van der Waals surface area contributed by atoms with Gasteiger partial charge in [-0.15, -0.1) is 0 Å². The highest BCUT2D eigenvalue weighted by Gasteiger charge is 2.19. The van der Waals surface area contributed by atoms with Crippen LogP contribution in [0.5, 0.6) is 5.75 Å². The summed E-state index contributed by atoms with van der Waals surface area (Å²) in [4.78, 5) is 24.2. The summed E-state index contributed by atoms with van der Waals surface area (Å²) < 4.78 is 15.9. The van der Waals surface area contributed by atoms with Crippen molar-refractivity contribution >= 4 is 23.6 Å². The fourth-order valence-electron chi connectivity index (χ4n) is 2.70. The van der Waals surface area contributed by atoms with Crippen molar-refractivity contribution in [2.24, 2.45) is 0 Å². The van der Waals surface area contributed by atoms with Crippen LogP contribution < -0.4 is 15.4 Å². The van der Waals surface area contributed by atoms with Crippen molar-refractivity contribution in [1.82, 2.24) is 0 Å². The number of aryl methyl sites for hydroxylation is 1. The molecule has 0 fully saturated rings. The molecule has 0 atom stereocenters. The summed E-state index contributed by atoms with van der Waals surface area (Å²) >= 11 is 0. The van der Waals surface area contributed by atoms with Gasteiger partial charge in [-0.1, -0.05) is 44.5 Å². The molecule has 32 heavy (non-hydrogen) atoms. The Bertz CT molecular complexity index is 925. The first kappa shape index (κ1) is 25.0. The molecule has 2 rings (SSSR count). The summed E-state index contributed by atoms with van der Waals surface area (Å²) in [7, 11) is 0. The van der Waals surface area contributed by atoms with E-state index in [9.17, 15) is 9.59 Å². The fraction of sp³-hybridized carbons (Fsp3) is 0.440. The van der Waals surface area contributed by atoms with Crippen molar-refractivity contribution < 1.29 is 23.8 Å². The molecule has 0 aliphatic heterocycles. The predicted octanol–water partition coefficient (Wildman–Crippen LogP) is 6.27. The van der Waals surface area contributed by atoms with E-state index >= 15 is 0 Å². The molecule has 2 N–H and O–H groups in total. The van der Waals surface area contributed by atoms with E-state index in [0.29, 0.717) is 17.1 Å². The lowest BCUT2D eigenvalue weighted by molar-refractivity contribution is -0.0113. The van der Waals surface area contributed by atoms with Gasteiger partial charge in [-0.05, 0) is 62.9 Å². The lowest BCUT2D eigenvalue weighted by Crippen LogP contribution is -2.25. The highest BCUT2D eigenvalue weighted by Crippen LogP contribution is 2.32. The van der Waals surface area contributed by atoms with Gasteiger partial charge in [0.1, 0.15) is 24.6 Å². The molecule has 0 spiro atoms. The number of ether oxygens (including phenoxy) is 3. The molecule has 0 bridgehead atoms. The van der Waals surface area contributed by atoms with Gasteiger partial charge in [0, 0.05) is 5.69 Å². The van der Waals surface area contributed by atoms with Crippen molar-refractivity contribution in [3.05, 3.63) is 53.6 Å². The molecule has 174 valence electrons. The van der Waals surface area contributed by atoms with E-state index in [-0.39, 0.29) is 24.7 Å². The fourth-order valence-corrected chi connectivity index (χ4v) is 2.70. The maximum Gasteiger partial charge on any atom is 0.508 e. The standard InChI is InChI=1S/C25H34N2O5/c1-17-8-11-19(12-9-17)26-22(28)27-20-16-18(24(2,3)4)10-13-21(20)30-14-15-31-23(29)32-25(5,6)7/h8-13,16H,14-15H2,1-7H3,(H2,26,27,28). The molecule has 0 saturated carbocycles. The van der Waals surface area contributed by atoms with Crippen molar-refractivity contribution in [3.63, 3.8) is 0 Å². The Hall–Kier alpha value is -3.22. The molecule has 0 heterocycles. The smallest absolute Gasteiger partial charge is 0.488 e. The second-order valence-electron chi connectivity index (χ2n) is 9.57. The second kappa shape index (κ2) is 10.4. The first-order valence-electron chi connectivity index (χ1n) is 10.6. The average Bonchev–Trinajstić information content (AvgIpc) is 2.65. The molecule has 0 unspecified atom stereocenters. The SMILES string of the molecule is Cc1ccc(NC(=O)Nc2cc(C(C)(C)C)ccc2OCCOC(=O)OC(C)(C)C)cc1. The molecular weight excluding hydrogens is 408 g/mol.